The van der Waals surface area contributed by atoms with E-state index in [-0.39, 0.29) is 0 Å². The van der Waals surface area contributed by atoms with Crippen LogP contribution >= 0.6 is 0 Å². The van der Waals surface area contributed by atoms with Gasteiger partial charge in [-0.3, -0.25) is 4.90 Å². The van der Waals surface area contributed by atoms with Crippen LogP contribution in [0, 0.1) is 0 Å². The molecule has 3 rings (SSSR count). The van der Waals surface area contributed by atoms with Crippen LogP contribution < -0.4 is 4.74 Å². The number of fused-ring (bicyclic) bond motifs is 1. The van der Waals surface area contributed by atoms with Crippen molar-refractivity contribution in [3.63, 3.8) is 0 Å². The van der Waals surface area contributed by atoms with Crippen molar-refractivity contribution in [1.29, 1.82) is 0 Å². The second-order valence-electron chi connectivity index (χ2n) is 5.34. The van der Waals surface area contributed by atoms with Crippen molar-refractivity contribution in [2.24, 2.45) is 0 Å². The molecule has 2 heterocycles. The lowest BCUT2D eigenvalue weighted by atomic mass is 9.88. The summed E-state index contributed by atoms with van der Waals surface area (Å²) in [7, 11) is 1.75. The molecule has 2 nitrogen and oxygen atoms in total. The van der Waals surface area contributed by atoms with Crippen LogP contribution in [0.25, 0.3) is 0 Å². The molecule has 1 aromatic rings. The summed E-state index contributed by atoms with van der Waals surface area (Å²) in [4.78, 5) is 2.69. The van der Waals surface area contributed by atoms with E-state index >= 15 is 0 Å². The van der Waals surface area contributed by atoms with E-state index in [1.165, 1.54) is 44.3 Å². The van der Waals surface area contributed by atoms with E-state index in [0.717, 1.165) is 11.8 Å². The molecule has 0 saturated carbocycles. The third-order valence-electron chi connectivity index (χ3n) is 4.37. The third-order valence-corrected chi connectivity index (χ3v) is 4.37. The van der Waals surface area contributed by atoms with Crippen LogP contribution in [0.4, 0.5) is 0 Å². The molecule has 2 fully saturated rings. The summed E-state index contributed by atoms with van der Waals surface area (Å²) >= 11 is 0. The van der Waals surface area contributed by atoms with Gasteiger partial charge in [-0.2, -0.15) is 0 Å². The summed E-state index contributed by atoms with van der Waals surface area (Å²) in [5.41, 5.74) is 1.45. The Balaban J connectivity index is 1.75. The second kappa shape index (κ2) is 4.69. The molecule has 0 radical (unpaired) electrons. The largest absolute Gasteiger partial charge is 0.497 e. The molecule has 1 aromatic carbocycles. The highest BCUT2D eigenvalue weighted by Gasteiger charge is 2.31. The van der Waals surface area contributed by atoms with Gasteiger partial charge in [0.2, 0.25) is 0 Å². The maximum Gasteiger partial charge on any atom is 0.119 e. The smallest absolute Gasteiger partial charge is 0.119 e. The van der Waals surface area contributed by atoms with Gasteiger partial charge in [0, 0.05) is 12.6 Å². The van der Waals surface area contributed by atoms with Gasteiger partial charge < -0.3 is 4.74 Å². The molecule has 0 aliphatic carbocycles. The molecule has 0 bridgehead atoms. The molecule has 2 saturated heterocycles. The Morgan fingerprint density at radius 1 is 1.24 bits per heavy atom. The Hall–Kier alpha value is -1.02. The van der Waals surface area contributed by atoms with Gasteiger partial charge in [0.05, 0.1) is 7.11 Å². The first-order valence-corrected chi connectivity index (χ1v) is 6.75. The summed E-state index contributed by atoms with van der Waals surface area (Å²) in [6.45, 7) is 2.56. The highest BCUT2D eigenvalue weighted by Crippen LogP contribution is 2.35. The lowest BCUT2D eigenvalue weighted by Crippen LogP contribution is -2.38. The van der Waals surface area contributed by atoms with E-state index in [1.54, 1.807) is 7.11 Å². The Morgan fingerprint density at radius 3 is 3.06 bits per heavy atom. The van der Waals surface area contributed by atoms with Gasteiger partial charge in [0.15, 0.2) is 0 Å². The predicted octanol–water partition coefficient (Wildman–Crippen LogP) is 3.04. The normalized spacial score (nSPS) is 29.0. The quantitative estimate of drug-likeness (QED) is 0.775. The van der Waals surface area contributed by atoms with Crippen molar-refractivity contribution < 1.29 is 4.74 Å². The van der Waals surface area contributed by atoms with E-state index in [9.17, 15) is 0 Å². The molecule has 2 heteroatoms. The molecule has 2 aliphatic heterocycles. The number of ether oxygens (including phenoxy) is 1. The molecular weight excluding hydrogens is 210 g/mol. The van der Waals surface area contributed by atoms with E-state index in [1.807, 2.05) is 6.07 Å². The van der Waals surface area contributed by atoms with Crippen LogP contribution in [0.5, 0.6) is 5.75 Å². The summed E-state index contributed by atoms with van der Waals surface area (Å²) in [5.74, 6) is 1.70. The minimum Gasteiger partial charge on any atom is -0.497 e. The topological polar surface area (TPSA) is 12.5 Å². The zero-order valence-electron chi connectivity index (χ0n) is 10.6. The van der Waals surface area contributed by atoms with E-state index in [2.05, 4.69) is 23.1 Å². The van der Waals surface area contributed by atoms with Crippen LogP contribution in [-0.2, 0) is 0 Å². The van der Waals surface area contributed by atoms with Gasteiger partial charge in [0.25, 0.3) is 0 Å². The fraction of sp³-hybridized carbons (Fsp3) is 0.600. The predicted molar refractivity (Wildman–Crippen MR) is 69.6 cm³/mol. The van der Waals surface area contributed by atoms with Gasteiger partial charge >= 0.3 is 0 Å². The van der Waals surface area contributed by atoms with Crippen LogP contribution in [0.1, 0.15) is 37.2 Å². The number of hydrogen-bond donors (Lipinski definition) is 0. The van der Waals surface area contributed by atoms with Crippen LogP contribution in [-0.4, -0.2) is 31.1 Å². The Bertz CT molecular complexity index is 390. The minimum absolute atomic E-state index is 0.708. The highest BCUT2D eigenvalue weighted by molar-refractivity contribution is 5.31. The summed E-state index contributed by atoms with van der Waals surface area (Å²) in [5, 5.41) is 0. The molecule has 0 amide bonds. The molecular formula is C15H21NO. The zero-order valence-corrected chi connectivity index (χ0v) is 10.6. The number of piperidine rings is 1. The lowest BCUT2D eigenvalue weighted by Gasteiger charge is -2.35. The monoisotopic (exact) mass is 231 g/mol. The molecule has 17 heavy (non-hydrogen) atoms. The zero-order chi connectivity index (χ0) is 11.7. The van der Waals surface area contributed by atoms with Crippen molar-refractivity contribution >= 4 is 0 Å². The molecule has 2 atom stereocenters. The number of rotatable bonds is 2. The van der Waals surface area contributed by atoms with Gasteiger partial charge in [0.1, 0.15) is 5.75 Å². The second-order valence-corrected chi connectivity index (χ2v) is 5.34. The standard InChI is InChI=1S/C15H21NO/c1-17-15-6-2-4-12(10-15)13-7-8-14-5-3-9-16(14)11-13/h2,4,6,10,13-14H,3,5,7-9,11H2,1H3/t13-,14-/m1/s1. The fourth-order valence-electron chi connectivity index (χ4n) is 3.40. The maximum atomic E-state index is 5.32. The molecule has 0 spiro atoms. The van der Waals surface area contributed by atoms with Gasteiger partial charge in [-0.1, -0.05) is 12.1 Å². The van der Waals surface area contributed by atoms with Crippen molar-refractivity contribution in [2.75, 3.05) is 20.2 Å². The van der Waals surface area contributed by atoms with Gasteiger partial charge in [-0.25, -0.2) is 0 Å². The first-order chi connectivity index (χ1) is 8.36. The lowest BCUT2D eigenvalue weighted by molar-refractivity contribution is 0.178. The number of hydrogen-bond acceptors (Lipinski definition) is 2. The Morgan fingerprint density at radius 2 is 2.18 bits per heavy atom. The molecule has 92 valence electrons. The summed E-state index contributed by atoms with van der Waals surface area (Å²) in [6.07, 6.45) is 5.54. The van der Waals surface area contributed by atoms with Crippen LogP contribution in [0.3, 0.4) is 0 Å². The first-order valence-electron chi connectivity index (χ1n) is 6.75. The fourth-order valence-corrected chi connectivity index (χ4v) is 3.40. The van der Waals surface area contributed by atoms with Crippen molar-refractivity contribution in [3.8, 4) is 5.75 Å². The average Bonchev–Trinajstić information content (AvgIpc) is 2.86. The first kappa shape index (κ1) is 11.1. The number of benzene rings is 1. The van der Waals surface area contributed by atoms with Crippen LogP contribution in [0.2, 0.25) is 0 Å². The van der Waals surface area contributed by atoms with E-state index < -0.39 is 0 Å². The molecule has 0 aromatic heterocycles. The molecule has 0 unspecified atom stereocenters. The number of nitrogens with zero attached hydrogens (tertiary/aromatic N) is 1. The Labute approximate surface area is 104 Å². The van der Waals surface area contributed by atoms with Crippen molar-refractivity contribution in [1.82, 2.24) is 4.90 Å². The van der Waals surface area contributed by atoms with E-state index in [0.29, 0.717) is 5.92 Å². The van der Waals surface area contributed by atoms with Crippen LogP contribution in [0.15, 0.2) is 24.3 Å². The minimum atomic E-state index is 0.708. The van der Waals surface area contributed by atoms with Crippen molar-refractivity contribution in [2.45, 2.75) is 37.6 Å². The SMILES string of the molecule is COc1cccc([C@@H]2CC[C@H]3CCCN3C2)c1. The maximum absolute atomic E-state index is 5.32. The average molecular weight is 231 g/mol. The van der Waals surface area contributed by atoms with E-state index in [4.69, 9.17) is 4.74 Å². The van der Waals surface area contributed by atoms with Gasteiger partial charge in [-0.05, 0) is 55.8 Å². The number of methoxy groups -OCH3 is 1. The molecule has 2 aliphatic rings. The molecule has 0 N–H and O–H groups in total. The summed E-state index contributed by atoms with van der Waals surface area (Å²) < 4.78 is 5.32. The Kier molecular flexibility index (Phi) is 3.06. The third kappa shape index (κ3) is 2.19. The van der Waals surface area contributed by atoms with Crippen molar-refractivity contribution in [3.05, 3.63) is 29.8 Å². The van der Waals surface area contributed by atoms with Gasteiger partial charge in [-0.15, -0.1) is 0 Å². The summed E-state index contributed by atoms with van der Waals surface area (Å²) in [6, 6.07) is 9.50. The highest BCUT2D eigenvalue weighted by atomic mass is 16.5.